The fraction of sp³-hybridized carbons (Fsp3) is 0.750. The third-order valence-corrected chi connectivity index (χ3v) is 3.70. The maximum absolute atomic E-state index is 11.0. The van der Waals surface area contributed by atoms with Crippen molar-refractivity contribution in [2.45, 2.75) is 13.8 Å². The van der Waals surface area contributed by atoms with Crippen molar-refractivity contribution < 1.29 is 8.42 Å². The van der Waals surface area contributed by atoms with Crippen LogP contribution in [0.1, 0.15) is 13.8 Å². The van der Waals surface area contributed by atoms with Crippen LogP contribution in [0.15, 0.2) is 11.1 Å². The first kappa shape index (κ1) is 12.9. The summed E-state index contributed by atoms with van der Waals surface area (Å²) in [4.78, 5) is 0. The number of hydrogen-bond acceptors (Lipinski definition) is 3. The second-order valence-corrected chi connectivity index (χ2v) is 5.56. The van der Waals surface area contributed by atoms with Crippen molar-refractivity contribution in [3.8, 4) is 0 Å². The highest BCUT2D eigenvalue weighted by Gasteiger charge is 2.05. The second-order valence-electron chi connectivity index (χ2n) is 2.87. The first-order chi connectivity index (χ1) is 6.02. The molecular weight excluding hydrogens is 210 g/mol. The van der Waals surface area contributed by atoms with E-state index in [1.807, 2.05) is 6.92 Å². The summed E-state index contributed by atoms with van der Waals surface area (Å²) in [5.41, 5.74) is 2.48. The highest BCUT2D eigenvalue weighted by atomic mass is 35.5. The number of rotatable bonds is 6. The third-order valence-electron chi connectivity index (χ3n) is 1.62. The molecule has 3 nitrogen and oxygen atoms in total. The molecule has 0 saturated carbocycles. The zero-order chi connectivity index (χ0) is 10.3. The topological polar surface area (TPSA) is 46.2 Å². The number of nitrogens with one attached hydrogen (secondary N) is 1. The van der Waals surface area contributed by atoms with Crippen molar-refractivity contribution in [2.75, 3.05) is 24.6 Å². The molecule has 13 heavy (non-hydrogen) atoms. The van der Waals surface area contributed by atoms with Gasteiger partial charge in [0.05, 0.1) is 5.75 Å². The molecular formula is C8H16ClNO2S. The predicted molar refractivity (Wildman–Crippen MR) is 56.8 cm³/mol. The number of halogens is 1. The molecule has 0 rings (SSSR count). The molecule has 0 radical (unpaired) electrons. The zero-order valence-corrected chi connectivity index (χ0v) is 9.58. The van der Waals surface area contributed by atoms with E-state index in [1.54, 1.807) is 6.92 Å². The average molecular weight is 226 g/mol. The zero-order valence-electron chi connectivity index (χ0n) is 8.01. The Bertz CT molecular complexity index is 259. The highest BCUT2D eigenvalue weighted by Crippen LogP contribution is 1.92. The fourth-order valence-electron chi connectivity index (χ4n) is 0.696. The van der Waals surface area contributed by atoms with Gasteiger partial charge in [-0.1, -0.05) is 18.5 Å². The normalized spacial score (nSPS) is 13.3. The standard InChI is InChI=1S/C8H16ClNO2S/c1-3-13(11,12)5-4-10-7-8(2)6-9/h6,10H,3-5,7H2,1-2H3. The van der Waals surface area contributed by atoms with Gasteiger partial charge in [-0.3, -0.25) is 0 Å². The van der Waals surface area contributed by atoms with Crippen LogP contribution in [0, 0.1) is 0 Å². The van der Waals surface area contributed by atoms with E-state index >= 15 is 0 Å². The van der Waals surface area contributed by atoms with Crippen LogP contribution in [-0.4, -0.2) is 33.0 Å². The van der Waals surface area contributed by atoms with Gasteiger partial charge in [-0.05, 0) is 12.5 Å². The molecule has 0 aliphatic heterocycles. The summed E-state index contributed by atoms with van der Waals surface area (Å²) in [6.45, 7) is 4.66. The fourth-order valence-corrected chi connectivity index (χ4v) is 1.52. The molecule has 0 amide bonds. The molecule has 5 heteroatoms. The Balaban J connectivity index is 3.59. The van der Waals surface area contributed by atoms with Crippen LogP contribution in [0.3, 0.4) is 0 Å². The van der Waals surface area contributed by atoms with Crippen LogP contribution in [0.2, 0.25) is 0 Å². The van der Waals surface area contributed by atoms with Gasteiger partial charge in [0.15, 0.2) is 9.84 Å². The summed E-state index contributed by atoms with van der Waals surface area (Å²) in [6.07, 6.45) is 0. The van der Waals surface area contributed by atoms with E-state index < -0.39 is 9.84 Å². The van der Waals surface area contributed by atoms with Gasteiger partial charge in [0.1, 0.15) is 0 Å². The van der Waals surface area contributed by atoms with E-state index in [-0.39, 0.29) is 11.5 Å². The Morgan fingerprint density at radius 3 is 2.62 bits per heavy atom. The smallest absolute Gasteiger partial charge is 0.151 e. The van der Waals surface area contributed by atoms with E-state index in [4.69, 9.17) is 11.6 Å². The Hall–Kier alpha value is -0.0600. The minimum Gasteiger partial charge on any atom is -0.312 e. The van der Waals surface area contributed by atoms with Gasteiger partial charge in [0.2, 0.25) is 0 Å². The quantitative estimate of drug-likeness (QED) is 0.690. The molecule has 0 aromatic rings. The van der Waals surface area contributed by atoms with Crippen molar-refractivity contribution in [3.05, 3.63) is 11.1 Å². The number of hydrogen-bond donors (Lipinski definition) is 1. The molecule has 78 valence electrons. The molecule has 0 bridgehead atoms. The second kappa shape index (κ2) is 6.40. The van der Waals surface area contributed by atoms with Crippen molar-refractivity contribution in [2.24, 2.45) is 0 Å². The van der Waals surface area contributed by atoms with Crippen LogP contribution < -0.4 is 5.32 Å². The van der Waals surface area contributed by atoms with Crippen molar-refractivity contribution in [1.82, 2.24) is 5.32 Å². The SMILES string of the molecule is CCS(=O)(=O)CCNCC(C)=CCl. The molecule has 0 fully saturated rings. The lowest BCUT2D eigenvalue weighted by atomic mass is 10.3. The summed E-state index contributed by atoms with van der Waals surface area (Å²) in [6, 6.07) is 0. The lowest BCUT2D eigenvalue weighted by Crippen LogP contribution is -2.25. The van der Waals surface area contributed by atoms with E-state index in [9.17, 15) is 8.42 Å². The molecule has 0 aromatic heterocycles. The van der Waals surface area contributed by atoms with Crippen LogP contribution >= 0.6 is 11.6 Å². The summed E-state index contributed by atoms with van der Waals surface area (Å²) >= 11 is 5.43. The van der Waals surface area contributed by atoms with Crippen molar-refractivity contribution in [1.29, 1.82) is 0 Å². The molecule has 0 unspecified atom stereocenters. The molecule has 0 heterocycles. The van der Waals surface area contributed by atoms with Gasteiger partial charge < -0.3 is 5.32 Å². The summed E-state index contributed by atoms with van der Waals surface area (Å²) in [5, 5.41) is 2.99. The lowest BCUT2D eigenvalue weighted by Gasteiger charge is -2.03. The van der Waals surface area contributed by atoms with E-state index in [0.717, 1.165) is 5.57 Å². The maximum Gasteiger partial charge on any atom is 0.151 e. The molecule has 0 atom stereocenters. The van der Waals surface area contributed by atoms with Gasteiger partial charge in [-0.25, -0.2) is 8.42 Å². The molecule has 0 spiro atoms. The van der Waals surface area contributed by atoms with Crippen LogP contribution in [-0.2, 0) is 9.84 Å². The summed E-state index contributed by atoms with van der Waals surface area (Å²) in [7, 11) is -2.84. The van der Waals surface area contributed by atoms with Crippen LogP contribution in [0.4, 0.5) is 0 Å². The largest absolute Gasteiger partial charge is 0.312 e. The summed E-state index contributed by atoms with van der Waals surface area (Å²) < 4.78 is 22.1. The highest BCUT2D eigenvalue weighted by molar-refractivity contribution is 7.91. The minimum atomic E-state index is -2.84. The monoisotopic (exact) mass is 225 g/mol. The van der Waals surface area contributed by atoms with Gasteiger partial charge in [-0.15, -0.1) is 0 Å². The first-order valence-corrected chi connectivity index (χ1v) is 6.44. The van der Waals surface area contributed by atoms with E-state index in [1.165, 1.54) is 5.54 Å². The minimum absolute atomic E-state index is 0.194. The Kier molecular flexibility index (Phi) is 6.37. The maximum atomic E-state index is 11.0. The Labute approximate surface area is 85.1 Å². The molecule has 1 N–H and O–H groups in total. The average Bonchev–Trinajstić information content (AvgIpc) is 2.12. The third kappa shape index (κ3) is 7.05. The number of sulfone groups is 1. The Morgan fingerprint density at radius 1 is 1.54 bits per heavy atom. The van der Waals surface area contributed by atoms with Gasteiger partial charge in [0.25, 0.3) is 0 Å². The summed E-state index contributed by atoms with van der Waals surface area (Å²) in [5.74, 6) is 0.401. The van der Waals surface area contributed by atoms with Crippen molar-refractivity contribution >= 4 is 21.4 Å². The first-order valence-electron chi connectivity index (χ1n) is 4.19. The predicted octanol–water partition coefficient (Wildman–Crippen LogP) is 1.15. The van der Waals surface area contributed by atoms with Crippen LogP contribution in [0.25, 0.3) is 0 Å². The molecule has 0 saturated heterocycles. The van der Waals surface area contributed by atoms with Gasteiger partial charge in [-0.2, -0.15) is 0 Å². The van der Waals surface area contributed by atoms with Crippen molar-refractivity contribution in [3.63, 3.8) is 0 Å². The van der Waals surface area contributed by atoms with Gasteiger partial charge in [0, 0.05) is 24.4 Å². The lowest BCUT2D eigenvalue weighted by molar-refractivity contribution is 0.593. The molecule has 0 aliphatic rings. The Morgan fingerprint density at radius 2 is 2.15 bits per heavy atom. The molecule has 0 aliphatic carbocycles. The van der Waals surface area contributed by atoms with E-state index in [0.29, 0.717) is 13.1 Å². The van der Waals surface area contributed by atoms with Crippen LogP contribution in [0.5, 0.6) is 0 Å². The van der Waals surface area contributed by atoms with Gasteiger partial charge >= 0.3 is 0 Å². The van der Waals surface area contributed by atoms with E-state index in [2.05, 4.69) is 5.32 Å². The molecule has 0 aromatic carbocycles.